The first-order chi connectivity index (χ1) is 10.6. The van der Waals surface area contributed by atoms with Gasteiger partial charge in [0.2, 0.25) is 0 Å². The zero-order valence-corrected chi connectivity index (χ0v) is 13.3. The van der Waals surface area contributed by atoms with Gasteiger partial charge >= 0.3 is 11.9 Å². The third-order valence-electron chi connectivity index (χ3n) is 2.97. The molecular weight excluding hydrogens is 286 g/mol. The summed E-state index contributed by atoms with van der Waals surface area (Å²) in [6.45, 7) is 6.17. The Bertz CT molecular complexity index is 463. The molecule has 0 saturated heterocycles. The van der Waals surface area contributed by atoms with Crippen LogP contribution in [0.3, 0.4) is 0 Å². The van der Waals surface area contributed by atoms with Crippen LogP contribution in [-0.2, 0) is 23.8 Å². The summed E-state index contributed by atoms with van der Waals surface area (Å²) in [5.74, 6) is -1.62. The molecule has 0 amide bonds. The van der Waals surface area contributed by atoms with Crippen LogP contribution < -0.4 is 0 Å². The van der Waals surface area contributed by atoms with E-state index < -0.39 is 24.0 Å². The Labute approximate surface area is 130 Å². The fourth-order valence-corrected chi connectivity index (χ4v) is 2.13. The molecule has 0 aliphatic heterocycles. The Hall–Kier alpha value is -1.95. The lowest BCUT2D eigenvalue weighted by Crippen LogP contribution is -2.33. The lowest BCUT2D eigenvalue weighted by atomic mass is 9.95. The predicted molar refractivity (Wildman–Crippen MR) is 80.3 cm³/mol. The van der Waals surface area contributed by atoms with Crippen molar-refractivity contribution >= 4 is 11.9 Å². The quantitative estimate of drug-likeness (QED) is 0.650. The molecule has 0 aromatic carbocycles. The Balaban J connectivity index is 3.03. The molecule has 0 bridgehead atoms. The van der Waals surface area contributed by atoms with Crippen LogP contribution in [0.1, 0.15) is 38.8 Å². The molecule has 6 heteroatoms. The Morgan fingerprint density at radius 2 is 1.82 bits per heavy atom. The molecule has 0 aliphatic carbocycles. The highest BCUT2D eigenvalue weighted by Gasteiger charge is 2.34. The normalized spacial score (nSPS) is 13.2. The highest BCUT2D eigenvalue weighted by Crippen LogP contribution is 2.25. The number of pyridine rings is 1. The maximum atomic E-state index is 12.3. The van der Waals surface area contributed by atoms with Crippen molar-refractivity contribution in [2.24, 2.45) is 0 Å². The van der Waals surface area contributed by atoms with Crippen molar-refractivity contribution in [3.05, 3.63) is 30.1 Å². The highest BCUT2D eigenvalue weighted by molar-refractivity contribution is 5.80. The second-order valence-electron chi connectivity index (χ2n) is 4.49. The maximum absolute atomic E-state index is 12.3. The molecule has 1 aromatic heterocycles. The number of ether oxygens (including phenoxy) is 3. The van der Waals surface area contributed by atoms with Gasteiger partial charge in [-0.15, -0.1) is 0 Å². The number of carbonyl (C=O) groups is 2. The molecular formula is C16H23NO5. The summed E-state index contributed by atoms with van der Waals surface area (Å²) in [6.07, 6.45) is 0.898. The van der Waals surface area contributed by atoms with Gasteiger partial charge in [-0.05, 0) is 32.9 Å². The van der Waals surface area contributed by atoms with E-state index in [4.69, 9.17) is 14.2 Å². The van der Waals surface area contributed by atoms with Crippen LogP contribution in [0, 0.1) is 0 Å². The van der Waals surface area contributed by atoms with E-state index in [1.165, 1.54) is 0 Å². The van der Waals surface area contributed by atoms with Crippen molar-refractivity contribution in [2.45, 2.75) is 39.2 Å². The van der Waals surface area contributed by atoms with Gasteiger partial charge in [0.15, 0.2) is 0 Å². The van der Waals surface area contributed by atoms with Crippen LogP contribution >= 0.6 is 0 Å². The predicted octanol–water partition coefficient (Wildman–Crippen LogP) is 2.09. The topological polar surface area (TPSA) is 74.7 Å². The van der Waals surface area contributed by atoms with Gasteiger partial charge in [-0.25, -0.2) is 0 Å². The van der Waals surface area contributed by atoms with Gasteiger partial charge in [-0.2, -0.15) is 0 Å². The molecule has 0 radical (unpaired) electrons. The number of hydrogen-bond acceptors (Lipinski definition) is 6. The zero-order valence-electron chi connectivity index (χ0n) is 13.3. The molecule has 2 atom stereocenters. The van der Waals surface area contributed by atoms with Crippen molar-refractivity contribution in [3.8, 4) is 0 Å². The summed E-state index contributed by atoms with van der Waals surface area (Å²) in [7, 11) is 0. The zero-order chi connectivity index (χ0) is 16.4. The van der Waals surface area contributed by atoms with Crippen LogP contribution in [0.2, 0.25) is 0 Å². The molecule has 0 spiro atoms. The first-order valence-corrected chi connectivity index (χ1v) is 7.48. The third kappa shape index (κ3) is 5.44. The standard InChI is InChI=1S/C16H23NO5/c1-4-20-13(11-14(18)21-5-2)15(16(19)22-6-3)12-9-7-8-10-17-12/h7-10,13,15H,4-6,11H2,1-3H3. The number of esters is 2. The van der Waals surface area contributed by atoms with Gasteiger partial charge in [-0.1, -0.05) is 6.07 Å². The van der Waals surface area contributed by atoms with E-state index in [1.54, 1.807) is 45.2 Å². The molecule has 22 heavy (non-hydrogen) atoms. The van der Waals surface area contributed by atoms with Crippen molar-refractivity contribution in [1.29, 1.82) is 0 Å². The van der Waals surface area contributed by atoms with Gasteiger partial charge in [0, 0.05) is 12.8 Å². The molecule has 6 nitrogen and oxygen atoms in total. The van der Waals surface area contributed by atoms with E-state index in [0.29, 0.717) is 12.3 Å². The van der Waals surface area contributed by atoms with E-state index in [2.05, 4.69) is 4.98 Å². The largest absolute Gasteiger partial charge is 0.466 e. The molecule has 2 unspecified atom stereocenters. The number of nitrogens with zero attached hydrogens (tertiary/aromatic N) is 1. The summed E-state index contributed by atoms with van der Waals surface area (Å²) >= 11 is 0. The highest BCUT2D eigenvalue weighted by atomic mass is 16.5. The molecule has 1 aromatic rings. The summed E-state index contributed by atoms with van der Waals surface area (Å²) in [6, 6.07) is 5.26. The average molecular weight is 309 g/mol. The van der Waals surface area contributed by atoms with Gasteiger partial charge in [0.25, 0.3) is 0 Å². The van der Waals surface area contributed by atoms with E-state index in [-0.39, 0.29) is 19.6 Å². The number of aromatic nitrogens is 1. The first-order valence-electron chi connectivity index (χ1n) is 7.48. The van der Waals surface area contributed by atoms with Crippen molar-refractivity contribution < 1.29 is 23.8 Å². The summed E-state index contributed by atoms with van der Waals surface area (Å²) in [5, 5.41) is 0. The second kappa shape index (κ2) is 9.89. The SMILES string of the molecule is CCOC(=O)CC(OCC)C(C(=O)OCC)c1ccccn1. The minimum absolute atomic E-state index is 0.0261. The minimum atomic E-state index is -0.759. The molecule has 122 valence electrons. The smallest absolute Gasteiger partial charge is 0.317 e. The van der Waals surface area contributed by atoms with E-state index in [0.717, 1.165) is 0 Å². The van der Waals surface area contributed by atoms with Gasteiger partial charge in [0.05, 0.1) is 31.4 Å². The third-order valence-corrected chi connectivity index (χ3v) is 2.97. The van der Waals surface area contributed by atoms with Crippen LogP contribution in [-0.4, -0.2) is 42.8 Å². The summed E-state index contributed by atoms with van der Waals surface area (Å²) in [5.41, 5.74) is 0.517. The molecule has 1 rings (SSSR count). The number of hydrogen-bond donors (Lipinski definition) is 0. The summed E-state index contributed by atoms with van der Waals surface area (Å²) < 4.78 is 15.7. The van der Waals surface area contributed by atoms with Gasteiger partial charge in [0.1, 0.15) is 5.92 Å². The molecule has 0 N–H and O–H groups in total. The van der Waals surface area contributed by atoms with Crippen LogP contribution in [0.25, 0.3) is 0 Å². The lowest BCUT2D eigenvalue weighted by molar-refractivity contribution is -0.153. The molecule has 1 heterocycles. The van der Waals surface area contributed by atoms with Crippen LogP contribution in [0.5, 0.6) is 0 Å². The molecule has 0 saturated carbocycles. The lowest BCUT2D eigenvalue weighted by Gasteiger charge is -2.24. The minimum Gasteiger partial charge on any atom is -0.466 e. The summed E-state index contributed by atoms with van der Waals surface area (Å²) in [4.78, 5) is 28.3. The number of rotatable bonds is 9. The fraction of sp³-hybridized carbons (Fsp3) is 0.562. The van der Waals surface area contributed by atoms with Crippen molar-refractivity contribution in [2.75, 3.05) is 19.8 Å². The number of carbonyl (C=O) groups excluding carboxylic acids is 2. The van der Waals surface area contributed by atoms with E-state index in [1.807, 2.05) is 0 Å². The van der Waals surface area contributed by atoms with E-state index >= 15 is 0 Å². The van der Waals surface area contributed by atoms with Gasteiger partial charge < -0.3 is 14.2 Å². The van der Waals surface area contributed by atoms with Gasteiger partial charge in [-0.3, -0.25) is 14.6 Å². The average Bonchev–Trinajstić information content (AvgIpc) is 2.49. The van der Waals surface area contributed by atoms with Crippen molar-refractivity contribution in [1.82, 2.24) is 4.98 Å². The Kier molecular flexibility index (Phi) is 8.14. The van der Waals surface area contributed by atoms with E-state index in [9.17, 15) is 9.59 Å². The second-order valence-corrected chi connectivity index (χ2v) is 4.49. The van der Waals surface area contributed by atoms with Crippen molar-refractivity contribution in [3.63, 3.8) is 0 Å². The first kappa shape index (κ1) is 18.1. The Morgan fingerprint density at radius 3 is 2.36 bits per heavy atom. The monoisotopic (exact) mass is 309 g/mol. The fourth-order valence-electron chi connectivity index (χ4n) is 2.13. The Morgan fingerprint density at radius 1 is 1.09 bits per heavy atom. The van der Waals surface area contributed by atoms with Crippen LogP contribution in [0.4, 0.5) is 0 Å². The maximum Gasteiger partial charge on any atom is 0.317 e. The van der Waals surface area contributed by atoms with Crippen LogP contribution in [0.15, 0.2) is 24.4 Å². The molecule has 0 fully saturated rings. The molecule has 0 aliphatic rings.